The zero-order valence-corrected chi connectivity index (χ0v) is 28.4. The first kappa shape index (κ1) is 30.0. The molecule has 0 amide bonds. The number of hydrogen-bond donors (Lipinski definition) is 0. The molecular weight excluding hydrogens is 631 g/mol. The van der Waals surface area contributed by atoms with Crippen LogP contribution in [-0.2, 0) is 0 Å². The fraction of sp³-hybridized carbons (Fsp3) is 0. The van der Waals surface area contributed by atoms with Crippen molar-refractivity contribution in [2.75, 3.05) is 4.90 Å². The Bertz CT molecular complexity index is 2880. The van der Waals surface area contributed by atoms with Crippen LogP contribution in [0.4, 0.5) is 17.1 Å². The van der Waals surface area contributed by atoms with Crippen LogP contribution >= 0.6 is 0 Å². The molecule has 0 bridgehead atoms. The highest BCUT2D eigenvalue weighted by Crippen LogP contribution is 2.45. The first-order valence-electron chi connectivity index (χ1n) is 17.8. The predicted octanol–water partition coefficient (Wildman–Crippen LogP) is 14.4. The highest BCUT2D eigenvalue weighted by atomic mass is 16.3. The monoisotopic (exact) mass is 663 g/mol. The van der Waals surface area contributed by atoms with E-state index in [4.69, 9.17) is 4.42 Å². The van der Waals surface area contributed by atoms with E-state index in [1.54, 1.807) is 0 Å². The van der Waals surface area contributed by atoms with Gasteiger partial charge in [0.25, 0.3) is 0 Å². The maximum absolute atomic E-state index is 6.63. The van der Waals surface area contributed by atoms with Crippen LogP contribution in [0.25, 0.3) is 76.9 Å². The number of fused-ring (bicyclic) bond motifs is 6. The molecule has 0 aliphatic heterocycles. The summed E-state index contributed by atoms with van der Waals surface area (Å²) in [6, 6.07) is 71.6. The molecule has 1 heterocycles. The zero-order valence-electron chi connectivity index (χ0n) is 28.4. The molecule has 9 aromatic carbocycles. The van der Waals surface area contributed by atoms with Crippen LogP contribution in [0, 0.1) is 0 Å². The van der Waals surface area contributed by atoms with Crippen molar-refractivity contribution in [3.63, 3.8) is 0 Å². The molecule has 0 saturated carbocycles. The highest BCUT2D eigenvalue weighted by Gasteiger charge is 2.20. The molecule has 0 fully saturated rings. The van der Waals surface area contributed by atoms with Crippen LogP contribution in [0.2, 0.25) is 0 Å². The van der Waals surface area contributed by atoms with Gasteiger partial charge in [0, 0.05) is 22.1 Å². The van der Waals surface area contributed by atoms with Gasteiger partial charge in [-0.3, -0.25) is 0 Å². The third-order valence-electron chi connectivity index (χ3n) is 10.3. The Balaban J connectivity index is 1.10. The SMILES string of the molecule is c1ccc(-c2ccc(N(c3ccc(-c4cccc(-c5cccc6ccccc56)c4)cc3)c3cccc4oc5c6ccccc6ccc5c34)cc2)cc1. The number of nitrogens with zero attached hydrogens (tertiary/aromatic N) is 1. The van der Waals surface area contributed by atoms with Crippen molar-refractivity contribution in [3.05, 3.63) is 200 Å². The Kier molecular flexibility index (Phi) is 7.18. The second-order valence-electron chi connectivity index (χ2n) is 13.3. The normalized spacial score (nSPS) is 11.5. The molecule has 2 heteroatoms. The maximum Gasteiger partial charge on any atom is 0.143 e. The van der Waals surface area contributed by atoms with Gasteiger partial charge in [-0.1, -0.05) is 152 Å². The number of rotatable bonds is 6. The van der Waals surface area contributed by atoms with Gasteiger partial charge in [-0.05, 0) is 98.1 Å². The van der Waals surface area contributed by atoms with Crippen molar-refractivity contribution >= 4 is 60.5 Å². The molecule has 244 valence electrons. The van der Waals surface area contributed by atoms with E-state index in [1.807, 2.05) is 0 Å². The lowest BCUT2D eigenvalue weighted by atomic mass is 9.95. The lowest BCUT2D eigenvalue weighted by Crippen LogP contribution is -2.10. The first-order valence-corrected chi connectivity index (χ1v) is 17.8. The second-order valence-corrected chi connectivity index (χ2v) is 13.3. The fourth-order valence-corrected chi connectivity index (χ4v) is 7.73. The van der Waals surface area contributed by atoms with E-state index in [1.165, 1.54) is 49.5 Å². The third kappa shape index (κ3) is 5.12. The summed E-state index contributed by atoms with van der Waals surface area (Å²) in [5.41, 5.74) is 12.2. The predicted molar refractivity (Wildman–Crippen MR) is 220 cm³/mol. The van der Waals surface area contributed by atoms with Crippen molar-refractivity contribution in [1.29, 1.82) is 0 Å². The quantitative estimate of drug-likeness (QED) is 0.176. The summed E-state index contributed by atoms with van der Waals surface area (Å²) in [5, 5.41) is 7.01. The molecule has 10 rings (SSSR count). The molecule has 10 aromatic rings. The molecule has 0 radical (unpaired) electrons. The van der Waals surface area contributed by atoms with Gasteiger partial charge in [0.1, 0.15) is 11.2 Å². The summed E-state index contributed by atoms with van der Waals surface area (Å²) < 4.78 is 6.63. The third-order valence-corrected chi connectivity index (χ3v) is 10.3. The van der Waals surface area contributed by atoms with Crippen LogP contribution in [0.1, 0.15) is 0 Å². The van der Waals surface area contributed by atoms with Crippen LogP contribution in [0.3, 0.4) is 0 Å². The molecule has 2 nitrogen and oxygen atoms in total. The molecule has 52 heavy (non-hydrogen) atoms. The van der Waals surface area contributed by atoms with Crippen molar-refractivity contribution in [2.45, 2.75) is 0 Å². The Morgan fingerprint density at radius 2 is 0.904 bits per heavy atom. The Labute approximate surface area is 302 Å². The van der Waals surface area contributed by atoms with E-state index in [0.717, 1.165) is 44.4 Å². The van der Waals surface area contributed by atoms with Gasteiger partial charge in [0.05, 0.1) is 11.1 Å². The van der Waals surface area contributed by atoms with E-state index in [9.17, 15) is 0 Å². The number of anilines is 3. The summed E-state index contributed by atoms with van der Waals surface area (Å²) in [7, 11) is 0. The first-order chi connectivity index (χ1) is 25.8. The van der Waals surface area contributed by atoms with E-state index in [2.05, 4.69) is 205 Å². The largest absolute Gasteiger partial charge is 0.455 e. The van der Waals surface area contributed by atoms with Gasteiger partial charge in [-0.2, -0.15) is 0 Å². The maximum atomic E-state index is 6.63. The Morgan fingerprint density at radius 3 is 1.67 bits per heavy atom. The minimum Gasteiger partial charge on any atom is -0.455 e. The minimum absolute atomic E-state index is 0.872. The lowest BCUT2D eigenvalue weighted by Gasteiger charge is -2.26. The van der Waals surface area contributed by atoms with Crippen LogP contribution in [0.15, 0.2) is 205 Å². The van der Waals surface area contributed by atoms with Crippen molar-refractivity contribution in [2.24, 2.45) is 0 Å². The standard InChI is InChI=1S/C50H33NO/c1-2-11-34(12-3-1)35-23-28-41(29-24-35)51(47-21-10-22-48-49(47)46-32-27-38-14-5-7-19-45(38)50(46)52-48)42-30-25-36(26-31-42)39-16-8-17-40(33-39)44-20-9-15-37-13-4-6-18-43(37)44/h1-33H. The van der Waals surface area contributed by atoms with Gasteiger partial charge < -0.3 is 9.32 Å². The fourth-order valence-electron chi connectivity index (χ4n) is 7.73. The van der Waals surface area contributed by atoms with Crippen molar-refractivity contribution in [3.8, 4) is 33.4 Å². The smallest absolute Gasteiger partial charge is 0.143 e. The van der Waals surface area contributed by atoms with E-state index < -0.39 is 0 Å². The topological polar surface area (TPSA) is 16.4 Å². The number of benzene rings is 9. The summed E-state index contributed by atoms with van der Waals surface area (Å²) in [4.78, 5) is 2.36. The number of hydrogen-bond acceptors (Lipinski definition) is 2. The van der Waals surface area contributed by atoms with Crippen molar-refractivity contribution < 1.29 is 4.42 Å². The average Bonchev–Trinajstić information content (AvgIpc) is 3.62. The van der Waals surface area contributed by atoms with Crippen LogP contribution in [-0.4, -0.2) is 0 Å². The Morgan fingerprint density at radius 1 is 0.346 bits per heavy atom. The lowest BCUT2D eigenvalue weighted by molar-refractivity contribution is 0.672. The molecule has 0 atom stereocenters. The summed E-state index contributed by atoms with van der Waals surface area (Å²) in [5.74, 6) is 0. The van der Waals surface area contributed by atoms with Crippen LogP contribution < -0.4 is 4.90 Å². The summed E-state index contributed by atoms with van der Waals surface area (Å²) in [6.45, 7) is 0. The molecule has 1 aromatic heterocycles. The van der Waals surface area contributed by atoms with Crippen LogP contribution in [0.5, 0.6) is 0 Å². The molecule has 0 aliphatic carbocycles. The minimum atomic E-state index is 0.872. The molecule has 0 unspecified atom stereocenters. The van der Waals surface area contributed by atoms with Gasteiger partial charge in [0.15, 0.2) is 0 Å². The van der Waals surface area contributed by atoms with E-state index in [-0.39, 0.29) is 0 Å². The average molecular weight is 664 g/mol. The van der Waals surface area contributed by atoms with Gasteiger partial charge >= 0.3 is 0 Å². The summed E-state index contributed by atoms with van der Waals surface area (Å²) in [6.07, 6.45) is 0. The second kappa shape index (κ2) is 12.5. The molecule has 0 N–H and O–H groups in total. The van der Waals surface area contributed by atoms with Gasteiger partial charge in [-0.15, -0.1) is 0 Å². The number of furan rings is 1. The Hall–Kier alpha value is -6.90. The summed E-state index contributed by atoms with van der Waals surface area (Å²) >= 11 is 0. The van der Waals surface area contributed by atoms with Crippen molar-refractivity contribution in [1.82, 2.24) is 0 Å². The molecule has 0 spiro atoms. The van der Waals surface area contributed by atoms with E-state index >= 15 is 0 Å². The van der Waals surface area contributed by atoms with Gasteiger partial charge in [0.2, 0.25) is 0 Å². The molecular formula is C50H33NO. The molecule has 0 aliphatic rings. The molecule has 0 saturated heterocycles. The van der Waals surface area contributed by atoms with E-state index in [0.29, 0.717) is 0 Å². The zero-order chi connectivity index (χ0) is 34.4. The highest BCUT2D eigenvalue weighted by molar-refractivity contribution is 6.19. The van der Waals surface area contributed by atoms with Gasteiger partial charge in [-0.25, -0.2) is 0 Å².